The summed E-state index contributed by atoms with van der Waals surface area (Å²) in [5.74, 6) is -0.241. The van der Waals surface area contributed by atoms with Gasteiger partial charge in [0.15, 0.2) is 5.78 Å². The zero-order chi connectivity index (χ0) is 12.3. The summed E-state index contributed by atoms with van der Waals surface area (Å²) in [4.78, 5) is 21.2. The summed E-state index contributed by atoms with van der Waals surface area (Å²) in [6, 6.07) is 4.09. The summed E-state index contributed by atoms with van der Waals surface area (Å²) in [5, 5.41) is 19.5. The Bertz CT molecular complexity index is 467. The van der Waals surface area contributed by atoms with Crippen molar-refractivity contribution in [1.82, 2.24) is 0 Å². The molecule has 0 amide bonds. The van der Waals surface area contributed by atoms with Crippen LogP contribution in [0.4, 0.5) is 5.69 Å². The minimum absolute atomic E-state index is 0.00597. The van der Waals surface area contributed by atoms with Gasteiger partial charge in [-0.2, -0.15) is 5.26 Å². The van der Waals surface area contributed by atoms with Gasteiger partial charge < -0.3 is 4.74 Å². The number of hydrogen-bond donors (Lipinski definition) is 0. The van der Waals surface area contributed by atoms with Crippen LogP contribution in [0.5, 0.6) is 5.75 Å². The SMILES string of the molecule is COc1cc(C(C)=O)c(C#N)c([N+](=O)[O-])c1. The number of nitrogens with zero attached hydrogens (tertiary/aromatic N) is 2. The first-order valence-corrected chi connectivity index (χ1v) is 4.28. The normalized spacial score (nSPS) is 9.31. The summed E-state index contributed by atoms with van der Waals surface area (Å²) >= 11 is 0. The molecule has 0 aliphatic rings. The smallest absolute Gasteiger partial charge is 0.291 e. The van der Waals surface area contributed by atoms with E-state index in [-0.39, 0.29) is 16.9 Å². The summed E-state index contributed by atoms with van der Waals surface area (Å²) in [7, 11) is 1.33. The van der Waals surface area contributed by atoms with Crippen molar-refractivity contribution in [2.24, 2.45) is 0 Å². The van der Waals surface area contributed by atoms with E-state index >= 15 is 0 Å². The van der Waals surface area contributed by atoms with Crippen molar-refractivity contribution >= 4 is 11.5 Å². The Kier molecular flexibility index (Phi) is 3.20. The van der Waals surface area contributed by atoms with E-state index in [2.05, 4.69) is 0 Å². The molecular weight excluding hydrogens is 212 g/mol. The molecule has 0 bridgehead atoms. The Hall–Kier alpha value is -2.42. The molecule has 1 aromatic carbocycles. The molecule has 0 fully saturated rings. The van der Waals surface area contributed by atoms with Crippen LogP contribution in [-0.4, -0.2) is 17.8 Å². The predicted octanol–water partition coefficient (Wildman–Crippen LogP) is 1.68. The minimum Gasteiger partial charge on any atom is -0.496 e. The maximum absolute atomic E-state index is 11.2. The molecule has 16 heavy (non-hydrogen) atoms. The van der Waals surface area contributed by atoms with Crippen LogP contribution in [0.3, 0.4) is 0 Å². The first-order valence-electron chi connectivity index (χ1n) is 4.28. The van der Waals surface area contributed by atoms with E-state index < -0.39 is 16.4 Å². The Labute approximate surface area is 91.2 Å². The lowest BCUT2D eigenvalue weighted by atomic mass is 10.0. The number of methoxy groups -OCH3 is 1. The fourth-order valence-corrected chi connectivity index (χ4v) is 1.26. The zero-order valence-electron chi connectivity index (χ0n) is 8.68. The molecule has 1 rings (SSSR count). The van der Waals surface area contributed by atoms with E-state index in [1.165, 1.54) is 20.1 Å². The molecule has 6 heteroatoms. The third-order valence-corrected chi connectivity index (χ3v) is 2.01. The highest BCUT2D eigenvalue weighted by atomic mass is 16.6. The van der Waals surface area contributed by atoms with Crippen LogP contribution in [0.1, 0.15) is 22.8 Å². The van der Waals surface area contributed by atoms with Crippen molar-refractivity contribution in [3.63, 3.8) is 0 Å². The van der Waals surface area contributed by atoms with Crippen LogP contribution in [0.15, 0.2) is 12.1 Å². The summed E-state index contributed by atoms with van der Waals surface area (Å²) in [5.41, 5.74) is -0.668. The maximum atomic E-state index is 11.2. The quantitative estimate of drug-likeness (QED) is 0.438. The molecule has 0 radical (unpaired) electrons. The highest BCUT2D eigenvalue weighted by molar-refractivity contribution is 5.98. The number of nitriles is 1. The molecule has 0 aliphatic heterocycles. The number of ether oxygens (including phenoxy) is 1. The van der Waals surface area contributed by atoms with Crippen LogP contribution < -0.4 is 4.74 Å². The Balaban J connectivity index is 3.61. The number of hydrogen-bond acceptors (Lipinski definition) is 5. The second kappa shape index (κ2) is 4.40. The molecule has 6 nitrogen and oxygen atoms in total. The monoisotopic (exact) mass is 220 g/mol. The van der Waals surface area contributed by atoms with Gasteiger partial charge in [0, 0.05) is 5.56 Å². The lowest BCUT2D eigenvalue weighted by Crippen LogP contribution is -2.02. The van der Waals surface area contributed by atoms with Gasteiger partial charge in [-0.25, -0.2) is 0 Å². The van der Waals surface area contributed by atoms with Crippen molar-refractivity contribution in [3.05, 3.63) is 33.4 Å². The number of rotatable bonds is 3. The highest BCUT2D eigenvalue weighted by Crippen LogP contribution is 2.28. The summed E-state index contributed by atoms with van der Waals surface area (Å²) in [6.07, 6.45) is 0. The lowest BCUT2D eigenvalue weighted by Gasteiger charge is -2.04. The largest absolute Gasteiger partial charge is 0.496 e. The lowest BCUT2D eigenvalue weighted by molar-refractivity contribution is -0.385. The molecule has 0 saturated carbocycles. The number of carbonyl (C=O) groups excluding carboxylic acids is 1. The van der Waals surface area contributed by atoms with Gasteiger partial charge in [0.05, 0.1) is 18.1 Å². The molecule has 0 saturated heterocycles. The minimum atomic E-state index is -0.715. The van der Waals surface area contributed by atoms with Gasteiger partial charge in [0.2, 0.25) is 0 Å². The molecule has 0 N–H and O–H groups in total. The van der Waals surface area contributed by atoms with Crippen LogP contribution in [0, 0.1) is 21.4 Å². The number of carbonyl (C=O) groups is 1. The van der Waals surface area contributed by atoms with Crippen molar-refractivity contribution in [3.8, 4) is 11.8 Å². The molecular formula is C10H8N2O4. The number of benzene rings is 1. The molecule has 0 heterocycles. The van der Waals surface area contributed by atoms with Gasteiger partial charge in [0.1, 0.15) is 17.4 Å². The predicted molar refractivity (Wildman–Crippen MR) is 54.4 cm³/mol. The third-order valence-electron chi connectivity index (χ3n) is 2.01. The van der Waals surface area contributed by atoms with E-state index in [1.807, 2.05) is 0 Å². The first kappa shape index (κ1) is 11.7. The van der Waals surface area contributed by atoms with E-state index in [0.29, 0.717) is 0 Å². The fourth-order valence-electron chi connectivity index (χ4n) is 1.26. The Morgan fingerprint density at radius 2 is 2.19 bits per heavy atom. The summed E-state index contributed by atoms with van der Waals surface area (Å²) in [6.45, 7) is 1.24. The van der Waals surface area contributed by atoms with Gasteiger partial charge >= 0.3 is 0 Å². The molecule has 0 aromatic heterocycles. The van der Waals surface area contributed by atoms with Gasteiger partial charge in [0.25, 0.3) is 5.69 Å². The van der Waals surface area contributed by atoms with Crippen LogP contribution in [0.2, 0.25) is 0 Å². The average molecular weight is 220 g/mol. The summed E-state index contributed by atoms with van der Waals surface area (Å²) < 4.78 is 4.83. The number of nitro benzene ring substituents is 1. The van der Waals surface area contributed by atoms with E-state index in [4.69, 9.17) is 10.00 Å². The third kappa shape index (κ3) is 1.98. The van der Waals surface area contributed by atoms with Crippen molar-refractivity contribution in [1.29, 1.82) is 5.26 Å². The van der Waals surface area contributed by atoms with Crippen molar-refractivity contribution < 1.29 is 14.5 Å². The first-order chi connectivity index (χ1) is 7.51. The topological polar surface area (TPSA) is 93.2 Å². The highest BCUT2D eigenvalue weighted by Gasteiger charge is 2.22. The van der Waals surface area contributed by atoms with Gasteiger partial charge in [-0.1, -0.05) is 0 Å². The Morgan fingerprint density at radius 3 is 2.56 bits per heavy atom. The molecule has 0 unspecified atom stereocenters. The van der Waals surface area contributed by atoms with Gasteiger partial charge in [-0.05, 0) is 13.0 Å². The van der Waals surface area contributed by atoms with Crippen LogP contribution in [0.25, 0.3) is 0 Å². The van der Waals surface area contributed by atoms with Gasteiger partial charge in [-0.3, -0.25) is 14.9 Å². The van der Waals surface area contributed by atoms with Crippen LogP contribution in [-0.2, 0) is 0 Å². The van der Waals surface area contributed by atoms with Crippen LogP contribution >= 0.6 is 0 Å². The molecule has 0 aliphatic carbocycles. The average Bonchev–Trinajstić information content (AvgIpc) is 2.26. The van der Waals surface area contributed by atoms with Crippen molar-refractivity contribution in [2.45, 2.75) is 6.92 Å². The molecule has 1 aromatic rings. The number of Topliss-reactive ketones (excluding diaryl/α,β-unsaturated/α-hetero) is 1. The second-order valence-electron chi connectivity index (χ2n) is 2.99. The zero-order valence-corrected chi connectivity index (χ0v) is 8.68. The maximum Gasteiger partial charge on any atom is 0.291 e. The number of ketones is 1. The standard InChI is InChI=1S/C10H8N2O4/c1-6(13)8-3-7(16-2)4-10(12(14)15)9(8)5-11/h3-4H,1-2H3. The van der Waals surface area contributed by atoms with Crippen molar-refractivity contribution in [2.75, 3.05) is 7.11 Å². The molecule has 82 valence electrons. The molecule has 0 atom stereocenters. The van der Waals surface area contributed by atoms with E-state index in [1.54, 1.807) is 6.07 Å². The second-order valence-corrected chi connectivity index (χ2v) is 2.99. The fraction of sp³-hybridized carbons (Fsp3) is 0.200. The number of nitro groups is 1. The Morgan fingerprint density at radius 1 is 1.56 bits per heavy atom. The molecule has 0 spiro atoms. The van der Waals surface area contributed by atoms with E-state index in [0.717, 1.165) is 6.07 Å². The van der Waals surface area contributed by atoms with E-state index in [9.17, 15) is 14.9 Å². The van der Waals surface area contributed by atoms with Gasteiger partial charge in [-0.15, -0.1) is 0 Å².